The molecule has 3 rings (SSSR count). The van der Waals surface area contributed by atoms with Gasteiger partial charge in [-0.05, 0) is 29.8 Å². The number of para-hydroxylation sites is 1. The molecule has 0 aromatic heterocycles. The van der Waals surface area contributed by atoms with Crippen LogP contribution in [0, 0.1) is 0 Å². The van der Waals surface area contributed by atoms with Gasteiger partial charge in [0.05, 0.1) is 5.69 Å². The van der Waals surface area contributed by atoms with Gasteiger partial charge < -0.3 is 10.2 Å². The standard InChI is InChI=1S/C20H21BrN2O2S/c1-14-13-23(17-7-2-3-8-18(17)26-14)20(25)10-9-19(24)22-12-15-5-4-6-16(21)11-15/h2-8,11,14H,9-10,12-13H2,1H3,(H,22,24)/t14-/m1/s1. The molecule has 2 amide bonds. The van der Waals surface area contributed by atoms with E-state index in [0.717, 1.165) is 20.6 Å². The Labute approximate surface area is 166 Å². The van der Waals surface area contributed by atoms with Crippen LogP contribution in [0.1, 0.15) is 25.3 Å². The Morgan fingerprint density at radius 2 is 2.00 bits per heavy atom. The summed E-state index contributed by atoms with van der Waals surface area (Å²) in [5.74, 6) is -0.103. The SMILES string of the molecule is C[C@@H]1CN(C(=O)CCC(=O)NCc2cccc(Br)c2)c2ccccc2S1. The number of nitrogens with one attached hydrogen (secondary N) is 1. The first-order valence-electron chi connectivity index (χ1n) is 8.60. The van der Waals surface area contributed by atoms with Crippen molar-refractivity contribution in [2.24, 2.45) is 0 Å². The highest BCUT2D eigenvalue weighted by Gasteiger charge is 2.26. The molecule has 1 N–H and O–H groups in total. The molecule has 0 radical (unpaired) electrons. The maximum absolute atomic E-state index is 12.7. The highest BCUT2D eigenvalue weighted by molar-refractivity contribution is 9.10. The molecular formula is C20H21BrN2O2S. The Hall–Kier alpha value is -1.79. The van der Waals surface area contributed by atoms with Crippen molar-refractivity contribution in [2.45, 2.75) is 36.5 Å². The predicted molar refractivity (Wildman–Crippen MR) is 109 cm³/mol. The Kier molecular flexibility index (Phi) is 6.38. The van der Waals surface area contributed by atoms with Crippen LogP contribution in [-0.4, -0.2) is 23.6 Å². The first kappa shape index (κ1) is 19.0. The zero-order valence-corrected chi connectivity index (χ0v) is 17.0. The van der Waals surface area contributed by atoms with E-state index in [1.165, 1.54) is 0 Å². The van der Waals surface area contributed by atoms with E-state index < -0.39 is 0 Å². The molecule has 0 unspecified atom stereocenters. The third kappa shape index (κ3) is 4.89. The molecule has 0 saturated heterocycles. The molecule has 6 heteroatoms. The van der Waals surface area contributed by atoms with Crippen molar-refractivity contribution in [3.63, 3.8) is 0 Å². The van der Waals surface area contributed by atoms with Crippen LogP contribution in [0.25, 0.3) is 0 Å². The summed E-state index contributed by atoms with van der Waals surface area (Å²) in [4.78, 5) is 27.7. The van der Waals surface area contributed by atoms with Crippen LogP contribution in [0.3, 0.4) is 0 Å². The molecule has 4 nitrogen and oxygen atoms in total. The first-order valence-corrected chi connectivity index (χ1v) is 10.3. The van der Waals surface area contributed by atoms with Gasteiger partial charge in [0.25, 0.3) is 0 Å². The van der Waals surface area contributed by atoms with E-state index in [1.54, 1.807) is 11.8 Å². The summed E-state index contributed by atoms with van der Waals surface area (Å²) in [7, 11) is 0. The van der Waals surface area contributed by atoms with E-state index in [1.807, 2.05) is 53.4 Å². The Morgan fingerprint density at radius 1 is 1.19 bits per heavy atom. The van der Waals surface area contributed by atoms with Crippen molar-refractivity contribution in [2.75, 3.05) is 11.4 Å². The zero-order chi connectivity index (χ0) is 18.5. The summed E-state index contributed by atoms with van der Waals surface area (Å²) < 4.78 is 0.982. The lowest BCUT2D eigenvalue weighted by atomic mass is 10.2. The maximum atomic E-state index is 12.7. The molecule has 0 saturated carbocycles. The van der Waals surface area contributed by atoms with Crippen LogP contribution in [0.5, 0.6) is 0 Å². The summed E-state index contributed by atoms with van der Waals surface area (Å²) in [6.07, 6.45) is 0.420. The monoisotopic (exact) mass is 432 g/mol. The smallest absolute Gasteiger partial charge is 0.227 e. The maximum Gasteiger partial charge on any atom is 0.227 e. The zero-order valence-electron chi connectivity index (χ0n) is 14.6. The third-order valence-corrected chi connectivity index (χ3v) is 5.81. The van der Waals surface area contributed by atoms with Gasteiger partial charge in [-0.2, -0.15) is 0 Å². The summed E-state index contributed by atoms with van der Waals surface area (Å²) in [6.45, 7) is 3.26. The molecule has 0 aliphatic carbocycles. The van der Waals surface area contributed by atoms with Gasteiger partial charge in [-0.3, -0.25) is 9.59 Å². The van der Waals surface area contributed by atoms with Gasteiger partial charge in [0, 0.05) is 40.5 Å². The highest BCUT2D eigenvalue weighted by atomic mass is 79.9. The number of anilines is 1. The Bertz CT molecular complexity index is 812. The van der Waals surface area contributed by atoms with E-state index in [4.69, 9.17) is 0 Å². The van der Waals surface area contributed by atoms with Gasteiger partial charge in [0.2, 0.25) is 11.8 Å². The van der Waals surface area contributed by atoms with Gasteiger partial charge in [-0.15, -0.1) is 11.8 Å². The average Bonchev–Trinajstić information content (AvgIpc) is 2.63. The van der Waals surface area contributed by atoms with E-state index in [9.17, 15) is 9.59 Å². The van der Waals surface area contributed by atoms with Crippen LogP contribution in [0.15, 0.2) is 57.9 Å². The molecule has 0 spiro atoms. The predicted octanol–water partition coefficient (Wildman–Crippen LogP) is 4.37. The Morgan fingerprint density at radius 3 is 2.81 bits per heavy atom. The number of amides is 2. The van der Waals surface area contributed by atoms with E-state index in [2.05, 4.69) is 28.2 Å². The normalized spacial score (nSPS) is 16.1. The second-order valence-corrected chi connectivity index (χ2v) is 8.70. The van der Waals surface area contributed by atoms with Crippen molar-refractivity contribution in [1.82, 2.24) is 5.32 Å². The molecule has 0 fully saturated rings. The number of carbonyl (C=O) groups is 2. The summed E-state index contributed by atoms with van der Waals surface area (Å²) in [6, 6.07) is 15.7. The van der Waals surface area contributed by atoms with E-state index >= 15 is 0 Å². The fourth-order valence-corrected chi connectivity index (χ4v) is 4.48. The van der Waals surface area contributed by atoms with Gasteiger partial charge in [-0.25, -0.2) is 0 Å². The number of nitrogens with zero attached hydrogens (tertiary/aromatic N) is 1. The summed E-state index contributed by atoms with van der Waals surface area (Å²) in [5, 5.41) is 3.22. The van der Waals surface area contributed by atoms with Gasteiger partial charge in [-0.1, -0.05) is 47.1 Å². The van der Waals surface area contributed by atoms with Crippen molar-refractivity contribution in [1.29, 1.82) is 0 Å². The molecular weight excluding hydrogens is 412 g/mol. The van der Waals surface area contributed by atoms with Crippen molar-refractivity contribution >= 4 is 45.2 Å². The van der Waals surface area contributed by atoms with Gasteiger partial charge >= 0.3 is 0 Å². The molecule has 1 aliphatic rings. The molecule has 1 atom stereocenters. The molecule has 0 bridgehead atoms. The number of fused-ring (bicyclic) bond motifs is 1. The molecule has 2 aromatic rings. The minimum absolute atomic E-state index is 0.00204. The first-order chi connectivity index (χ1) is 12.5. The van der Waals surface area contributed by atoms with Gasteiger partial charge in [0.1, 0.15) is 0 Å². The molecule has 26 heavy (non-hydrogen) atoms. The fourth-order valence-electron chi connectivity index (χ4n) is 2.92. The van der Waals surface area contributed by atoms with Crippen LogP contribution in [0.4, 0.5) is 5.69 Å². The number of hydrogen-bond acceptors (Lipinski definition) is 3. The Balaban J connectivity index is 1.53. The fraction of sp³-hybridized carbons (Fsp3) is 0.300. The third-order valence-electron chi connectivity index (χ3n) is 4.17. The number of hydrogen-bond donors (Lipinski definition) is 1. The molecule has 1 heterocycles. The highest BCUT2D eigenvalue weighted by Crippen LogP contribution is 2.38. The number of carbonyl (C=O) groups excluding carboxylic acids is 2. The second-order valence-electron chi connectivity index (χ2n) is 6.31. The van der Waals surface area contributed by atoms with Crippen LogP contribution >= 0.6 is 27.7 Å². The summed E-state index contributed by atoms with van der Waals surface area (Å²) in [5.41, 5.74) is 1.98. The van der Waals surface area contributed by atoms with E-state index in [-0.39, 0.29) is 24.7 Å². The number of benzene rings is 2. The molecule has 136 valence electrons. The topological polar surface area (TPSA) is 49.4 Å². The average molecular weight is 433 g/mol. The largest absolute Gasteiger partial charge is 0.352 e. The lowest BCUT2D eigenvalue weighted by Crippen LogP contribution is -2.39. The minimum Gasteiger partial charge on any atom is -0.352 e. The van der Waals surface area contributed by atoms with Gasteiger partial charge in [0.15, 0.2) is 0 Å². The quantitative estimate of drug-likeness (QED) is 0.762. The van der Waals surface area contributed by atoms with Crippen LogP contribution < -0.4 is 10.2 Å². The molecule has 1 aliphatic heterocycles. The second kappa shape index (κ2) is 8.73. The number of rotatable bonds is 5. The lowest BCUT2D eigenvalue weighted by Gasteiger charge is -2.32. The van der Waals surface area contributed by atoms with E-state index in [0.29, 0.717) is 18.3 Å². The lowest BCUT2D eigenvalue weighted by molar-refractivity contribution is -0.125. The van der Waals surface area contributed by atoms with Crippen LogP contribution in [0.2, 0.25) is 0 Å². The molecule has 2 aromatic carbocycles. The van der Waals surface area contributed by atoms with Crippen molar-refractivity contribution in [3.05, 3.63) is 58.6 Å². The minimum atomic E-state index is -0.106. The summed E-state index contributed by atoms with van der Waals surface area (Å²) >= 11 is 5.20. The van der Waals surface area contributed by atoms with Crippen molar-refractivity contribution < 1.29 is 9.59 Å². The van der Waals surface area contributed by atoms with Crippen molar-refractivity contribution in [3.8, 4) is 0 Å². The van der Waals surface area contributed by atoms with Crippen LogP contribution in [-0.2, 0) is 16.1 Å². The number of thioether (sulfide) groups is 1. The number of halogens is 1.